The van der Waals surface area contributed by atoms with Crippen LogP contribution in [0.3, 0.4) is 0 Å². The number of aromatic nitrogens is 4. The van der Waals surface area contributed by atoms with Gasteiger partial charge in [-0.1, -0.05) is 0 Å². The van der Waals surface area contributed by atoms with Crippen LogP contribution in [-0.2, 0) is 27.2 Å². The van der Waals surface area contributed by atoms with Gasteiger partial charge in [0.1, 0.15) is 37.9 Å². The number of imidazole rings is 2. The Labute approximate surface area is 150 Å². The largest absolute Gasteiger partial charge is 0.289 e. The van der Waals surface area contributed by atoms with E-state index in [1.807, 2.05) is 0 Å². The third-order valence-electron chi connectivity index (χ3n) is 4.68. The lowest BCUT2D eigenvalue weighted by molar-refractivity contribution is -0.671. The van der Waals surface area contributed by atoms with Crippen LogP contribution in [-0.4, -0.2) is 51.0 Å². The molecule has 0 fully saturated rings. The van der Waals surface area contributed by atoms with Gasteiger partial charge in [0.05, 0.1) is 26.6 Å². The molecule has 6 heteroatoms. The molecule has 3 rings (SSSR count). The molecule has 0 bridgehead atoms. The van der Waals surface area contributed by atoms with Crippen molar-refractivity contribution in [2.45, 2.75) is 20.0 Å². The highest BCUT2D eigenvalue weighted by Crippen LogP contribution is 2.02. The fraction of sp³-hybridized carbons (Fsp3) is 0.526. The molecule has 1 unspecified atom stereocenters. The maximum absolute atomic E-state index is 2.56. The summed E-state index contributed by atoms with van der Waals surface area (Å²) in [6.45, 7) is 8.54. The molecule has 0 N–H and O–H groups in total. The molecule has 0 aromatic carbocycles. The topological polar surface area (TPSA) is 23.9 Å². The molecule has 0 spiro atoms. The summed E-state index contributed by atoms with van der Waals surface area (Å²) in [6.07, 6.45) is 19.5. The summed E-state index contributed by atoms with van der Waals surface area (Å²) in [4.78, 5) is 2.56. The fourth-order valence-electron chi connectivity index (χ4n) is 3.17. The smallest absolute Gasteiger partial charge is 0.243 e. The van der Waals surface area contributed by atoms with Crippen molar-refractivity contribution in [2.75, 3.05) is 26.2 Å². The van der Waals surface area contributed by atoms with Gasteiger partial charge in [0.2, 0.25) is 12.7 Å². The van der Waals surface area contributed by atoms with E-state index in [1.165, 1.54) is 0 Å². The van der Waals surface area contributed by atoms with Crippen LogP contribution in [0.25, 0.3) is 0 Å². The highest BCUT2D eigenvalue weighted by molar-refractivity contribution is 5.59. The minimum Gasteiger partial charge on any atom is -0.289 e. The van der Waals surface area contributed by atoms with Crippen molar-refractivity contribution >= 4 is 6.21 Å². The number of rotatable bonds is 9. The van der Waals surface area contributed by atoms with Gasteiger partial charge in [-0.2, -0.15) is 0 Å². The third-order valence-corrected chi connectivity index (χ3v) is 4.68. The van der Waals surface area contributed by atoms with Crippen LogP contribution < -0.4 is 9.13 Å². The number of hydrogen-bond acceptors (Lipinski definition) is 1. The molecule has 0 radical (unpaired) electrons. The van der Waals surface area contributed by atoms with Gasteiger partial charge in [-0.05, 0) is 13.0 Å². The highest BCUT2D eigenvalue weighted by atomic mass is 15.2. The predicted molar refractivity (Wildman–Crippen MR) is 97.2 cm³/mol. The Morgan fingerprint density at radius 3 is 1.96 bits per heavy atom. The first-order valence-electron chi connectivity index (χ1n) is 9.12. The first kappa shape index (κ1) is 17.6. The van der Waals surface area contributed by atoms with Crippen LogP contribution in [0, 0.1) is 5.92 Å². The van der Waals surface area contributed by atoms with E-state index in [1.54, 1.807) is 0 Å². The van der Waals surface area contributed by atoms with Crippen LogP contribution in [0.5, 0.6) is 0 Å². The zero-order valence-electron chi connectivity index (χ0n) is 15.7. The molecule has 0 saturated heterocycles. The molecule has 1 aliphatic rings. The quantitative estimate of drug-likeness (QED) is 0.596. The molecular formula is C19H31N6+3. The van der Waals surface area contributed by atoms with Gasteiger partial charge in [-0.25, -0.2) is 22.8 Å². The zero-order valence-corrected chi connectivity index (χ0v) is 15.7. The Morgan fingerprint density at radius 1 is 0.920 bits per heavy atom. The Bertz CT molecular complexity index is 694. The van der Waals surface area contributed by atoms with Crippen molar-refractivity contribution in [2.24, 2.45) is 20.0 Å². The maximum Gasteiger partial charge on any atom is 0.243 e. The normalized spacial score (nSPS) is 16.8. The second kappa shape index (κ2) is 8.25. The van der Waals surface area contributed by atoms with E-state index in [-0.39, 0.29) is 0 Å². The summed E-state index contributed by atoms with van der Waals surface area (Å²) in [5.41, 5.74) is 0. The Kier molecular flexibility index (Phi) is 5.81. The molecule has 3 heterocycles. The van der Waals surface area contributed by atoms with E-state index in [2.05, 4.69) is 105 Å². The fourth-order valence-corrected chi connectivity index (χ4v) is 3.17. The molecule has 6 nitrogen and oxygen atoms in total. The molecular weight excluding hydrogens is 312 g/mol. The van der Waals surface area contributed by atoms with Crippen molar-refractivity contribution in [3.63, 3.8) is 0 Å². The maximum atomic E-state index is 2.56. The summed E-state index contributed by atoms with van der Waals surface area (Å²) >= 11 is 0. The summed E-state index contributed by atoms with van der Waals surface area (Å²) in [5.74, 6) is 0.563. The molecule has 2 aromatic heterocycles. The van der Waals surface area contributed by atoms with Crippen molar-refractivity contribution in [3.8, 4) is 0 Å². The van der Waals surface area contributed by atoms with Gasteiger partial charge in [-0.15, -0.1) is 0 Å². The lowest BCUT2D eigenvalue weighted by Crippen LogP contribution is -2.35. The monoisotopic (exact) mass is 343 g/mol. The zero-order chi connectivity index (χ0) is 17.6. The van der Waals surface area contributed by atoms with Crippen LogP contribution in [0.2, 0.25) is 0 Å². The Hall–Kier alpha value is -2.21. The second-order valence-corrected chi connectivity index (χ2v) is 7.06. The number of allylic oxidation sites excluding steroid dienone is 1. The molecule has 1 atom stereocenters. The van der Waals surface area contributed by atoms with E-state index in [9.17, 15) is 0 Å². The molecule has 1 aliphatic heterocycles. The minimum atomic E-state index is 0.563. The Morgan fingerprint density at radius 2 is 1.52 bits per heavy atom. The standard InChI is InChI=1S/C19H31N6/c1-19-4-5-23(16-19)13-10-22(11-14-24-8-6-20(2)17-24)12-15-25-9-7-21(3)18-25/h4-9,16-19H,10-15H2,1-3H3/q+3. The van der Waals surface area contributed by atoms with Crippen molar-refractivity contribution in [3.05, 3.63) is 49.7 Å². The van der Waals surface area contributed by atoms with E-state index in [0.717, 1.165) is 39.3 Å². The predicted octanol–water partition coefficient (Wildman–Crippen LogP) is 0.188. The Balaban J connectivity index is 1.54. The van der Waals surface area contributed by atoms with E-state index in [4.69, 9.17) is 0 Å². The first-order chi connectivity index (χ1) is 12.1. The van der Waals surface area contributed by atoms with Gasteiger partial charge in [0, 0.05) is 13.1 Å². The van der Waals surface area contributed by atoms with Gasteiger partial charge in [-0.3, -0.25) is 4.90 Å². The SMILES string of the molecule is CC1C=C[N+](CCN(CCn2cc[n+](C)c2)CCn2cc[n+](C)c2)=C1. The van der Waals surface area contributed by atoms with Crippen molar-refractivity contribution < 1.29 is 13.7 Å². The summed E-state index contributed by atoms with van der Waals surface area (Å²) in [5, 5.41) is 0. The number of nitrogens with zero attached hydrogens (tertiary/aromatic N) is 6. The average molecular weight is 343 g/mol. The van der Waals surface area contributed by atoms with Crippen LogP contribution in [0.4, 0.5) is 0 Å². The van der Waals surface area contributed by atoms with Crippen LogP contribution in [0.15, 0.2) is 49.7 Å². The van der Waals surface area contributed by atoms with E-state index < -0.39 is 0 Å². The molecule has 2 aromatic rings. The molecule has 0 saturated carbocycles. The minimum absolute atomic E-state index is 0.563. The highest BCUT2D eigenvalue weighted by Gasteiger charge is 2.15. The van der Waals surface area contributed by atoms with Crippen LogP contribution >= 0.6 is 0 Å². The lowest BCUT2D eigenvalue weighted by atomic mass is 10.2. The second-order valence-electron chi connectivity index (χ2n) is 7.06. The summed E-state index contributed by atoms with van der Waals surface area (Å²) < 4.78 is 11.0. The van der Waals surface area contributed by atoms with Crippen molar-refractivity contribution in [1.29, 1.82) is 0 Å². The van der Waals surface area contributed by atoms with Gasteiger partial charge < -0.3 is 0 Å². The van der Waals surface area contributed by atoms with Crippen LogP contribution in [0.1, 0.15) is 6.92 Å². The molecule has 25 heavy (non-hydrogen) atoms. The first-order valence-corrected chi connectivity index (χ1v) is 9.12. The van der Waals surface area contributed by atoms with Crippen molar-refractivity contribution in [1.82, 2.24) is 14.0 Å². The third kappa shape index (κ3) is 5.39. The number of hydrogen-bond donors (Lipinski definition) is 0. The van der Waals surface area contributed by atoms with Gasteiger partial charge >= 0.3 is 0 Å². The molecule has 0 aliphatic carbocycles. The molecule has 0 amide bonds. The van der Waals surface area contributed by atoms with E-state index >= 15 is 0 Å². The summed E-state index contributed by atoms with van der Waals surface area (Å²) in [7, 11) is 4.13. The van der Waals surface area contributed by atoms with Gasteiger partial charge in [0.15, 0.2) is 19.0 Å². The average Bonchev–Trinajstić information content (AvgIpc) is 3.29. The lowest BCUT2D eigenvalue weighted by Gasteiger charge is -2.19. The van der Waals surface area contributed by atoms with Gasteiger partial charge in [0.25, 0.3) is 0 Å². The molecule has 134 valence electrons. The number of aryl methyl sites for hydroxylation is 2. The van der Waals surface area contributed by atoms with E-state index in [0.29, 0.717) is 5.92 Å². The summed E-state index contributed by atoms with van der Waals surface area (Å²) in [6, 6.07) is 0.